The van der Waals surface area contributed by atoms with E-state index in [4.69, 9.17) is 0 Å². The maximum Gasteiger partial charge on any atom is 0.273 e. The Kier molecular flexibility index (Phi) is 4.57. The van der Waals surface area contributed by atoms with Crippen LogP contribution in [0.1, 0.15) is 43.6 Å². The summed E-state index contributed by atoms with van der Waals surface area (Å²) in [5, 5.41) is 11.6. The number of hydrogen-bond donors (Lipinski definition) is 1. The molecule has 1 N–H and O–H groups in total. The Hall–Kier alpha value is -1.65. The molecule has 0 radical (unpaired) electrons. The molecule has 0 spiro atoms. The van der Waals surface area contributed by atoms with Crippen LogP contribution >= 0.6 is 0 Å². The van der Waals surface area contributed by atoms with Gasteiger partial charge in [-0.25, -0.2) is 0 Å². The van der Waals surface area contributed by atoms with Crippen LogP contribution in [-0.2, 0) is 0 Å². The molecule has 1 aromatic rings. The summed E-state index contributed by atoms with van der Waals surface area (Å²) in [6.07, 6.45) is 3.65. The van der Waals surface area contributed by atoms with Gasteiger partial charge in [-0.1, -0.05) is 13.8 Å². The second-order valence-corrected chi connectivity index (χ2v) is 6.26. The van der Waals surface area contributed by atoms with Gasteiger partial charge in [0.1, 0.15) is 5.82 Å². The fraction of sp³-hybridized carbons (Fsp3) is 0.667. The van der Waals surface area contributed by atoms with Gasteiger partial charge < -0.3 is 10.2 Å². The molecule has 2 rings (SSSR count). The topological polar surface area (TPSA) is 58.1 Å². The average Bonchev–Trinajstić information content (AvgIpc) is 2.37. The zero-order valence-corrected chi connectivity index (χ0v) is 12.8. The maximum absolute atomic E-state index is 11.7. The summed E-state index contributed by atoms with van der Waals surface area (Å²) in [7, 11) is 3.42. The highest BCUT2D eigenvalue weighted by molar-refractivity contribution is 5.91. The molecule has 1 aromatic heterocycles. The molecular weight excluding hydrogens is 252 g/mol. The van der Waals surface area contributed by atoms with E-state index in [-0.39, 0.29) is 5.91 Å². The van der Waals surface area contributed by atoms with Crippen LogP contribution in [0.15, 0.2) is 12.1 Å². The number of hydrogen-bond acceptors (Lipinski definition) is 4. The fourth-order valence-electron chi connectivity index (χ4n) is 3.03. The number of anilines is 1. The summed E-state index contributed by atoms with van der Waals surface area (Å²) in [6, 6.07) is 4.03. The zero-order chi connectivity index (χ0) is 14.7. The number of amides is 1. The molecule has 1 amide bonds. The molecule has 20 heavy (non-hydrogen) atoms. The predicted molar refractivity (Wildman–Crippen MR) is 79.6 cm³/mol. The van der Waals surface area contributed by atoms with E-state index in [0.717, 1.165) is 17.7 Å². The van der Waals surface area contributed by atoms with E-state index in [1.54, 1.807) is 20.2 Å². The lowest BCUT2D eigenvalue weighted by molar-refractivity contribution is 0.0821. The third-order valence-corrected chi connectivity index (χ3v) is 3.82. The summed E-state index contributed by atoms with van der Waals surface area (Å²) < 4.78 is 0. The van der Waals surface area contributed by atoms with Crippen molar-refractivity contribution in [2.45, 2.75) is 39.2 Å². The molecule has 1 heterocycles. The molecule has 5 nitrogen and oxygen atoms in total. The molecule has 1 fully saturated rings. The Bertz CT molecular complexity index is 447. The minimum absolute atomic E-state index is 0.121. The van der Waals surface area contributed by atoms with Gasteiger partial charge in [-0.15, -0.1) is 10.2 Å². The first kappa shape index (κ1) is 14.8. The minimum atomic E-state index is -0.121. The molecule has 0 aliphatic heterocycles. The lowest BCUT2D eigenvalue weighted by Crippen LogP contribution is -2.30. The van der Waals surface area contributed by atoms with Gasteiger partial charge in [-0.3, -0.25) is 4.79 Å². The highest BCUT2D eigenvalue weighted by Crippen LogP contribution is 2.29. The zero-order valence-electron chi connectivity index (χ0n) is 12.8. The van der Waals surface area contributed by atoms with Crippen LogP contribution in [0, 0.1) is 11.8 Å². The van der Waals surface area contributed by atoms with Gasteiger partial charge in [-0.2, -0.15) is 0 Å². The smallest absolute Gasteiger partial charge is 0.273 e. The van der Waals surface area contributed by atoms with E-state index in [0.29, 0.717) is 11.7 Å². The number of carbonyl (C=O) groups excluding carboxylic acids is 1. The number of nitrogens with zero attached hydrogens (tertiary/aromatic N) is 3. The standard InChI is InChI=1S/C15H24N4O/c1-10-7-11(2)9-12(8-10)16-14-6-5-13(17-18-14)15(20)19(3)4/h5-6,10-12H,7-9H2,1-4H3,(H,16,18). The maximum atomic E-state index is 11.7. The fourth-order valence-corrected chi connectivity index (χ4v) is 3.03. The first-order valence-electron chi connectivity index (χ1n) is 7.27. The highest BCUT2D eigenvalue weighted by Gasteiger charge is 2.24. The van der Waals surface area contributed by atoms with E-state index in [1.165, 1.54) is 24.2 Å². The Labute approximate surface area is 120 Å². The Balaban J connectivity index is 1.98. The Morgan fingerprint density at radius 2 is 1.80 bits per heavy atom. The average molecular weight is 276 g/mol. The number of nitrogens with one attached hydrogen (secondary N) is 1. The van der Waals surface area contributed by atoms with Crippen LogP contribution in [0.4, 0.5) is 5.82 Å². The van der Waals surface area contributed by atoms with Crippen molar-refractivity contribution in [3.05, 3.63) is 17.8 Å². The van der Waals surface area contributed by atoms with Gasteiger partial charge in [0.05, 0.1) is 0 Å². The summed E-state index contributed by atoms with van der Waals surface area (Å²) in [5.41, 5.74) is 0.380. The number of rotatable bonds is 3. The summed E-state index contributed by atoms with van der Waals surface area (Å²) in [6.45, 7) is 4.60. The van der Waals surface area contributed by atoms with Gasteiger partial charge >= 0.3 is 0 Å². The number of carbonyl (C=O) groups is 1. The van der Waals surface area contributed by atoms with Gasteiger partial charge in [-0.05, 0) is 43.2 Å². The molecule has 1 aliphatic rings. The molecule has 0 bridgehead atoms. The van der Waals surface area contributed by atoms with Gasteiger partial charge in [0, 0.05) is 20.1 Å². The second-order valence-electron chi connectivity index (χ2n) is 6.26. The van der Waals surface area contributed by atoms with Crippen molar-refractivity contribution < 1.29 is 4.79 Å². The molecule has 2 atom stereocenters. The molecular formula is C15H24N4O. The van der Waals surface area contributed by atoms with Crippen molar-refractivity contribution in [3.63, 3.8) is 0 Å². The van der Waals surface area contributed by atoms with E-state index < -0.39 is 0 Å². The van der Waals surface area contributed by atoms with Crippen molar-refractivity contribution in [1.82, 2.24) is 15.1 Å². The second kappa shape index (κ2) is 6.20. The molecule has 5 heteroatoms. The van der Waals surface area contributed by atoms with Crippen LogP contribution in [0.2, 0.25) is 0 Å². The van der Waals surface area contributed by atoms with Crippen LogP contribution in [-0.4, -0.2) is 41.1 Å². The normalized spacial score (nSPS) is 26.1. The van der Waals surface area contributed by atoms with Gasteiger partial charge in [0.2, 0.25) is 0 Å². The van der Waals surface area contributed by atoms with E-state index >= 15 is 0 Å². The van der Waals surface area contributed by atoms with Gasteiger partial charge in [0.25, 0.3) is 5.91 Å². The molecule has 1 saturated carbocycles. The van der Waals surface area contributed by atoms with Crippen molar-refractivity contribution >= 4 is 11.7 Å². The van der Waals surface area contributed by atoms with Crippen LogP contribution in [0.3, 0.4) is 0 Å². The van der Waals surface area contributed by atoms with Crippen LogP contribution < -0.4 is 5.32 Å². The molecule has 110 valence electrons. The van der Waals surface area contributed by atoms with E-state index in [2.05, 4.69) is 29.4 Å². The van der Waals surface area contributed by atoms with Gasteiger partial charge in [0.15, 0.2) is 5.69 Å². The minimum Gasteiger partial charge on any atom is -0.366 e. The molecule has 1 aliphatic carbocycles. The third-order valence-electron chi connectivity index (χ3n) is 3.82. The molecule has 0 saturated heterocycles. The Morgan fingerprint density at radius 3 is 2.30 bits per heavy atom. The molecule has 2 unspecified atom stereocenters. The van der Waals surface area contributed by atoms with Crippen molar-refractivity contribution in [2.75, 3.05) is 19.4 Å². The highest BCUT2D eigenvalue weighted by atomic mass is 16.2. The van der Waals surface area contributed by atoms with Crippen LogP contribution in [0.25, 0.3) is 0 Å². The lowest BCUT2D eigenvalue weighted by Gasteiger charge is -2.32. The van der Waals surface area contributed by atoms with Crippen molar-refractivity contribution in [1.29, 1.82) is 0 Å². The van der Waals surface area contributed by atoms with E-state index in [1.807, 2.05) is 6.07 Å². The number of aromatic nitrogens is 2. The predicted octanol–water partition coefficient (Wildman–Crippen LogP) is 2.42. The first-order chi connectivity index (χ1) is 9.45. The lowest BCUT2D eigenvalue weighted by atomic mass is 9.80. The summed E-state index contributed by atoms with van der Waals surface area (Å²) in [4.78, 5) is 13.2. The summed E-state index contributed by atoms with van der Waals surface area (Å²) in [5.74, 6) is 2.13. The monoisotopic (exact) mass is 276 g/mol. The Morgan fingerprint density at radius 1 is 1.15 bits per heavy atom. The quantitative estimate of drug-likeness (QED) is 0.921. The SMILES string of the molecule is CC1CC(C)CC(Nc2ccc(C(=O)N(C)C)nn2)C1. The largest absolute Gasteiger partial charge is 0.366 e. The molecule has 0 aromatic carbocycles. The van der Waals surface area contributed by atoms with Crippen LogP contribution in [0.5, 0.6) is 0 Å². The first-order valence-corrected chi connectivity index (χ1v) is 7.27. The van der Waals surface area contributed by atoms with Crippen molar-refractivity contribution in [3.8, 4) is 0 Å². The summed E-state index contributed by atoms with van der Waals surface area (Å²) >= 11 is 0. The van der Waals surface area contributed by atoms with Crippen molar-refractivity contribution in [2.24, 2.45) is 11.8 Å². The van der Waals surface area contributed by atoms with E-state index in [9.17, 15) is 4.79 Å². The third kappa shape index (κ3) is 3.68.